The summed E-state index contributed by atoms with van der Waals surface area (Å²) in [5, 5.41) is 9.80. The predicted octanol–water partition coefficient (Wildman–Crippen LogP) is 3.77. The first-order valence-electron chi connectivity index (χ1n) is 5.99. The minimum atomic E-state index is -0.564. The second-order valence-electron chi connectivity index (χ2n) is 4.03. The van der Waals surface area contributed by atoms with Gasteiger partial charge >= 0.3 is 0 Å². The van der Waals surface area contributed by atoms with Gasteiger partial charge in [-0.1, -0.05) is 85.0 Å². The van der Waals surface area contributed by atoms with Gasteiger partial charge < -0.3 is 5.11 Å². The fourth-order valence-electron chi connectivity index (χ4n) is 1.61. The zero-order valence-corrected chi connectivity index (χ0v) is 10.1. The monoisotopic (exact) mass is 236 g/mol. The van der Waals surface area contributed by atoms with Crippen molar-refractivity contribution >= 4 is 12.2 Å². The van der Waals surface area contributed by atoms with E-state index in [1.54, 1.807) is 12.2 Å². The minimum Gasteiger partial charge on any atom is -0.385 e. The van der Waals surface area contributed by atoms with Crippen molar-refractivity contribution in [2.45, 2.75) is 6.10 Å². The summed E-state index contributed by atoms with van der Waals surface area (Å²) in [5.74, 6) is 0. The third-order valence-electron chi connectivity index (χ3n) is 2.57. The normalized spacial score (nSPS) is 13.2. The van der Waals surface area contributed by atoms with E-state index in [9.17, 15) is 5.11 Å². The van der Waals surface area contributed by atoms with E-state index in [2.05, 4.69) is 0 Å². The van der Waals surface area contributed by atoms with Crippen LogP contribution in [0.2, 0.25) is 0 Å². The molecule has 0 aliphatic rings. The zero-order valence-electron chi connectivity index (χ0n) is 10.1. The maximum absolute atomic E-state index is 9.80. The van der Waals surface area contributed by atoms with Crippen LogP contribution in [0.1, 0.15) is 11.1 Å². The Balaban J connectivity index is 1.95. The molecule has 2 aromatic rings. The van der Waals surface area contributed by atoms with Gasteiger partial charge in [-0.2, -0.15) is 0 Å². The Morgan fingerprint density at radius 1 is 0.667 bits per heavy atom. The summed E-state index contributed by atoms with van der Waals surface area (Å²) >= 11 is 0. The Bertz CT molecular complexity index is 462. The highest BCUT2D eigenvalue weighted by atomic mass is 16.3. The van der Waals surface area contributed by atoms with Gasteiger partial charge in [-0.05, 0) is 11.1 Å². The van der Waals surface area contributed by atoms with Crippen molar-refractivity contribution in [2.75, 3.05) is 0 Å². The summed E-state index contributed by atoms with van der Waals surface area (Å²) in [4.78, 5) is 0. The van der Waals surface area contributed by atoms with E-state index in [0.29, 0.717) is 0 Å². The van der Waals surface area contributed by atoms with Crippen molar-refractivity contribution in [3.63, 3.8) is 0 Å². The second kappa shape index (κ2) is 6.58. The molecular formula is C17H16O. The van der Waals surface area contributed by atoms with Crippen molar-refractivity contribution in [2.24, 2.45) is 0 Å². The Labute approximate surface area is 108 Å². The van der Waals surface area contributed by atoms with Gasteiger partial charge in [0.2, 0.25) is 0 Å². The Morgan fingerprint density at radius 3 is 1.44 bits per heavy atom. The molecule has 1 heteroatoms. The fraction of sp³-hybridized carbons (Fsp3) is 0.0588. The molecule has 0 unspecified atom stereocenters. The maximum atomic E-state index is 9.80. The molecule has 0 heterocycles. The van der Waals surface area contributed by atoms with Gasteiger partial charge in [-0.3, -0.25) is 0 Å². The zero-order chi connectivity index (χ0) is 12.6. The maximum Gasteiger partial charge on any atom is 0.0909 e. The number of rotatable bonds is 4. The molecule has 0 fully saturated rings. The van der Waals surface area contributed by atoms with Crippen molar-refractivity contribution in [3.8, 4) is 0 Å². The topological polar surface area (TPSA) is 20.2 Å². The van der Waals surface area contributed by atoms with Gasteiger partial charge in [0.1, 0.15) is 0 Å². The first-order valence-corrected chi connectivity index (χ1v) is 5.99. The molecule has 18 heavy (non-hydrogen) atoms. The number of aliphatic hydroxyl groups excluding tert-OH is 1. The lowest BCUT2D eigenvalue weighted by Crippen LogP contribution is -1.95. The molecule has 0 atom stereocenters. The third-order valence-corrected chi connectivity index (χ3v) is 2.57. The second-order valence-corrected chi connectivity index (χ2v) is 4.03. The molecule has 0 spiro atoms. The van der Waals surface area contributed by atoms with Crippen LogP contribution in [0.5, 0.6) is 0 Å². The first-order chi connectivity index (χ1) is 8.84. The minimum absolute atomic E-state index is 0.564. The molecule has 0 radical (unpaired) electrons. The van der Waals surface area contributed by atoms with Crippen LogP contribution in [0.25, 0.3) is 12.2 Å². The van der Waals surface area contributed by atoms with Crippen LogP contribution in [0.3, 0.4) is 0 Å². The molecule has 0 saturated heterocycles. The average molecular weight is 236 g/mol. The van der Waals surface area contributed by atoms with Gasteiger partial charge in [0.15, 0.2) is 0 Å². The molecule has 0 saturated carbocycles. The number of hydrogen-bond donors (Lipinski definition) is 1. The third kappa shape index (κ3) is 4.04. The molecular weight excluding hydrogens is 220 g/mol. The largest absolute Gasteiger partial charge is 0.385 e. The lowest BCUT2D eigenvalue weighted by atomic mass is 10.1. The van der Waals surface area contributed by atoms with Crippen LogP contribution >= 0.6 is 0 Å². The fourth-order valence-corrected chi connectivity index (χ4v) is 1.61. The summed E-state index contributed by atoms with van der Waals surface area (Å²) < 4.78 is 0. The van der Waals surface area contributed by atoms with Gasteiger partial charge in [0, 0.05) is 0 Å². The molecule has 90 valence electrons. The van der Waals surface area contributed by atoms with Crippen molar-refractivity contribution in [1.29, 1.82) is 0 Å². The molecule has 0 amide bonds. The van der Waals surface area contributed by atoms with Crippen molar-refractivity contribution in [1.82, 2.24) is 0 Å². The van der Waals surface area contributed by atoms with Crippen LogP contribution < -0.4 is 0 Å². The van der Waals surface area contributed by atoms with E-state index in [1.165, 1.54) is 0 Å². The summed E-state index contributed by atoms with van der Waals surface area (Å²) in [5.41, 5.74) is 2.18. The molecule has 2 aromatic carbocycles. The molecule has 0 aromatic heterocycles. The first kappa shape index (κ1) is 12.3. The summed E-state index contributed by atoms with van der Waals surface area (Å²) in [6.45, 7) is 0. The standard InChI is InChI=1S/C17H16O/c18-17(13-11-15-7-3-1-4-8-15)14-12-16-9-5-2-6-10-16/h1-14,17-18H. The predicted molar refractivity (Wildman–Crippen MR) is 77.0 cm³/mol. The average Bonchev–Trinajstić information content (AvgIpc) is 2.45. The van der Waals surface area contributed by atoms with E-state index in [-0.39, 0.29) is 0 Å². The molecule has 0 aliphatic heterocycles. The molecule has 1 N–H and O–H groups in total. The highest BCUT2D eigenvalue weighted by molar-refractivity contribution is 5.53. The summed E-state index contributed by atoms with van der Waals surface area (Å²) in [6.07, 6.45) is 6.81. The Hall–Kier alpha value is -2.12. The van der Waals surface area contributed by atoms with E-state index in [1.807, 2.05) is 72.8 Å². The highest BCUT2D eigenvalue weighted by Crippen LogP contribution is 2.05. The number of hydrogen-bond acceptors (Lipinski definition) is 1. The van der Waals surface area contributed by atoms with Crippen LogP contribution in [-0.2, 0) is 0 Å². The lowest BCUT2D eigenvalue weighted by Gasteiger charge is -1.98. The molecule has 1 nitrogen and oxygen atoms in total. The quantitative estimate of drug-likeness (QED) is 0.856. The van der Waals surface area contributed by atoms with Crippen LogP contribution in [0.15, 0.2) is 72.8 Å². The van der Waals surface area contributed by atoms with Crippen molar-refractivity contribution < 1.29 is 5.11 Å². The van der Waals surface area contributed by atoms with Gasteiger partial charge in [0.05, 0.1) is 6.10 Å². The Kier molecular flexibility index (Phi) is 4.51. The van der Waals surface area contributed by atoms with E-state index in [0.717, 1.165) is 11.1 Å². The SMILES string of the molecule is OC(C=Cc1ccccc1)C=Cc1ccccc1. The van der Waals surface area contributed by atoms with Gasteiger partial charge in [-0.25, -0.2) is 0 Å². The smallest absolute Gasteiger partial charge is 0.0909 e. The van der Waals surface area contributed by atoms with Gasteiger partial charge in [-0.15, -0.1) is 0 Å². The van der Waals surface area contributed by atoms with Crippen LogP contribution in [0.4, 0.5) is 0 Å². The van der Waals surface area contributed by atoms with Gasteiger partial charge in [0.25, 0.3) is 0 Å². The van der Waals surface area contributed by atoms with Crippen molar-refractivity contribution in [3.05, 3.63) is 83.9 Å². The lowest BCUT2D eigenvalue weighted by molar-refractivity contribution is 0.273. The molecule has 0 bridgehead atoms. The van der Waals surface area contributed by atoms with E-state index < -0.39 is 6.10 Å². The number of benzene rings is 2. The highest BCUT2D eigenvalue weighted by Gasteiger charge is 1.92. The van der Waals surface area contributed by atoms with E-state index >= 15 is 0 Å². The Morgan fingerprint density at radius 2 is 1.06 bits per heavy atom. The number of aliphatic hydroxyl groups is 1. The summed E-state index contributed by atoms with van der Waals surface area (Å²) in [7, 11) is 0. The molecule has 2 rings (SSSR count). The van der Waals surface area contributed by atoms with Crippen LogP contribution in [0, 0.1) is 0 Å². The summed E-state index contributed by atoms with van der Waals surface area (Å²) in [6, 6.07) is 19.9. The molecule has 0 aliphatic carbocycles. The van der Waals surface area contributed by atoms with Crippen LogP contribution in [-0.4, -0.2) is 11.2 Å². The van der Waals surface area contributed by atoms with E-state index in [4.69, 9.17) is 0 Å².